The first kappa shape index (κ1) is 12.3. The van der Waals surface area contributed by atoms with Crippen molar-refractivity contribution in [2.45, 2.75) is 45.2 Å². The van der Waals surface area contributed by atoms with Gasteiger partial charge in [-0.25, -0.2) is 0 Å². The van der Waals surface area contributed by atoms with Gasteiger partial charge in [0.1, 0.15) is 0 Å². The first-order chi connectivity index (χ1) is 7.65. The van der Waals surface area contributed by atoms with Crippen LogP contribution in [0.1, 0.15) is 33.1 Å². The van der Waals surface area contributed by atoms with Gasteiger partial charge in [0.25, 0.3) is 0 Å². The Morgan fingerprint density at radius 2 is 1.75 bits per heavy atom. The van der Waals surface area contributed by atoms with Crippen LogP contribution in [-0.4, -0.2) is 54.6 Å². The third kappa shape index (κ3) is 3.72. The Labute approximate surface area is 100.0 Å². The monoisotopic (exact) mass is 225 g/mol. The van der Waals surface area contributed by atoms with E-state index in [0.717, 1.165) is 12.3 Å². The maximum absolute atomic E-state index is 5.86. The topological polar surface area (TPSA) is 32.5 Å². The van der Waals surface area contributed by atoms with Crippen molar-refractivity contribution < 1.29 is 0 Å². The van der Waals surface area contributed by atoms with Crippen molar-refractivity contribution in [2.75, 3.05) is 32.7 Å². The van der Waals surface area contributed by atoms with Crippen molar-refractivity contribution in [1.29, 1.82) is 0 Å². The molecule has 0 bridgehead atoms. The Morgan fingerprint density at radius 1 is 1.12 bits per heavy atom. The molecule has 2 rings (SSSR count). The molecule has 1 saturated heterocycles. The number of nitrogens with zero attached hydrogens (tertiary/aromatic N) is 2. The lowest BCUT2D eigenvalue weighted by Crippen LogP contribution is -2.50. The second kappa shape index (κ2) is 5.48. The molecule has 2 fully saturated rings. The molecule has 2 unspecified atom stereocenters. The minimum atomic E-state index is 0.333. The van der Waals surface area contributed by atoms with E-state index in [4.69, 9.17) is 5.73 Å². The molecule has 2 N–H and O–H groups in total. The molecular formula is C13H27N3. The lowest BCUT2D eigenvalue weighted by molar-refractivity contribution is 0.0939. The zero-order valence-electron chi connectivity index (χ0n) is 10.9. The number of nitrogens with two attached hydrogens (primary N) is 1. The van der Waals surface area contributed by atoms with Gasteiger partial charge in [-0.15, -0.1) is 0 Å². The van der Waals surface area contributed by atoms with Gasteiger partial charge in [0, 0.05) is 44.8 Å². The molecule has 1 aliphatic carbocycles. The Bertz CT molecular complexity index is 205. The Morgan fingerprint density at radius 3 is 2.25 bits per heavy atom. The van der Waals surface area contributed by atoms with Gasteiger partial charge >= 0.3 is 0 Å². The van der Waals surface area contributed by atoms with Crippen LogP contribution in [0.4, 0.5) is 0 Å². The average molecular weight is 225 g/mol. The van der Waals surface area contributed by atoms with Gasteiger partial charge in [-0.2, -0.15) is 0 Å². The van der Waals surface area contributed by atoms with Gasteiger partial charge in [-0.1, -0.05) is 0 Å². The highest BCUT2D eigenvalue weighted by atomic mass is 15.3. The van der Waals surface area contributed by atoms with Gasteiger partial charge in [0.2, 0.25) is 0 Å². The largest absolute Gasteiger partial charge is 0.328 e. The predicted octanol–water partition coefficient (Wildman–Crippen LogP) is 1.14. The van der Waals surface area contributed by atoms with E-state index in [0.29, 0.717) is 12.1 Å². The number of rotatable bonds is 5. The van der Waals surface area contributed by atoms with E-state index in [2.05, 4.69) is 23.6 Å². The summed E-state index contributed by atoms with van der Waals surface area (Å²) in [6, 6.07) is 0.988. The average Bonchev–Trinajstić information content (AvgIpc) is 3.01. The zero-order chi connectivity index (χ0) is 11.5. The van der Waals surface area contributed by atoms with Gasteiger partial charge in [0.05, 0.1) is 0 Å². The number of piperazine rings is 1. The van der Waals surface area contributed by atoms with Crippen LogP contribution in [0.2, 0.25) is 0 Å². The maximum Gasteiger partial charge on any atom is 0.0113 e. The van der Waals surface area contributed by atoms with Crippen LogP contribution >= 0.6 is 0 Å². The second-order valence-corrected chi connectivity index (χ2v) is 5.84. The molecule has 1 saturated carbocycles. The minimum Gasteiger partial charge on any atom is -0.328 e. The second-order valence-electron chi connectivity index (χ2n) is 5.84. The van der Waals surface area contributed by atoms with Crippen molar-refractivity contribution in [3.8, 4) is 0 Å². The van der Waals surface area contributed by atoms with E-state index in [1.54, 1.807) is 0 Å². The molecule has 0 spiro atoms. The Kier molecular flexibility index (Phi) is 4.22. The molecule has 1 heterocycles. The van der Waals surface area contributed by atoms with Crippen LogP contribution in [0, 0.1) is 5.92 Å². The highest BCUT2D eigenvalue weighted by Crippen LogP contribution is 2.30. The lowest BCUT2D eigenvalue weighted by atomic mass is 10.1. The summed E-state index contributed by atoms with van der Waals surface area (Å²) >= 11 is 0. The third-order valence-electron chi connectivity index (χ3n) is 3.96. The molecule has 0 aromatic heterocycles. The normalized spacial score (nSPS) is 27.9. The predicted molar refractivity (Wildman–Crippen MR) is 68.5 cm³/mol. The highest BCUT2D eigenvalue weighted by Gasteiger charge is 2.27. The van der Waals surface area contributed by atoms with Gasteiger partial charge in [0.15, 0.2) is 0 Å². The summed E-state index contributed by atoms with van der Waals surface area (Å²) in [5.74, 6) is 1.04. The van der Waals surface area contributed by atoms with E-state index in [1.165, 1.54) is 45.6 Å². The van der Waals surface area contributed by atoms with Crippen LogP contribution < -0.4 is 5.73 Å². The summed E-state index contributed by atoms with van der Waals surface area (Å²) in [4.78, 5) is 5.25. The van der Waals surface area contributed by atoms with Crippen molar-refractivity contribution in [3.05, 3.63) is 0 Å². The summed E-state index contributed by atoms with van der Waals surface area (Å²) in [6.45, 7) is 10.8. The molecule has 0 aromatic rings. The van der Waals surface area contributed by atoms with Crippen LogP contribution in [0.25, 0.3) is 0 Å². The molecule has 0 amide bonds. The van der Waals surface area contributed by atoms with Crippen molar-refractivity contribution in [2.24, 2.45) is 11.7 Å². The van der Waals surface area contributed by atoms with Crippen LogP contribution in [0.15, 0.2) is 0 Å². The molecule has 0 radical (unpaired) electrons. The summed E-state index contributed by atoms with van der Waals surface area (Å²) in [5.41, 5.74) is 5.86. The molecule has 2 aliphatic rings. The Balaban J connectivity index is 1.67. The van der Waals surface area contributed by atoms with E-state index in [1.807, 2.05) is 0 Å². The van der Waals surface area contributed by atoms with Crippen LogP contribution in [0.5, 0.6) is 0 Å². The fraction of sp³-hybridized carbons (Fsp3) is 1.00. The Hall–Kier alpha value is -0.120. The van der Waals surface area contributed by atoms with Gasteiger partial charge in [-0.05, 0) is 39.0 Å². The number of hydrogen-bond donors (Lipinski definition) is 1. The minimum absolute atomic E-state index is 0.333. The fourth-order valence-corrected chi connectivity index (χ4v) is 2.74. The van der Waals surface area contributed by atoms with Crippen LogP contribution in [0.3, 0.4) is 0 Å². The van der Waals surface area contributed by atoms with Crippen molar-refractivity contribution in [1.82, 2.24) is 9.80 Å². The SMILES string of the molecule is CC(N)CC(C)N1CCN(CC2CC2)CC1. The van der Waals surface area contributed by atoms with Crippen molar-refractivity contribution in [3.63, 3.8) is 0 Å². The summed E-state index contributed by atoms with van der Waals surface area (Å²) < 4.78 is 0. The molecule has 0 aromatic carbocycles. The number of hydrogen-bond acceptors (Lipinski definition) is 3. The maximum atomic E-state index is 5.86. The van der Waals surface area contributed by atoms with Crippen LogP contribution in [-0.2, 0) is 0 Å². The molecule has 94 valence electrons. The van der Waals surface area contributed by atoms with Gasteiger partial charge < -0.3 is 10.6 Å². The molecule has 1 aliphatic heterocycles. The fourth-order valence-electron chi connectivity index (χ4n) is 2.74. The van der Waals surface area contributed by atoms with E-state index >= 15 is 0 Å². The molecular weight excluding hydrogens is 198 g/mol. The smallest absolute Gasteiger partial charge is 0.0113 e. The first-order valence-corrected chi connectivity index (χ1v) is 6.87. The molecule has 16 heavy (non-hydrogen) atoms. The van der Waals surface area contributed by atoms with Gasteiger partial charge in [-0.3, -0.25) is 4.90 Å². The summed E-state index contributed by atoms with van der Waals surface area (Å²) in [6.07, 6.45) is 4.07. The lowest BCUT2D eigenvalue weighted by Gasteiger charge is -2.38. The standard InChI is InChI=1S/C13H27N3/c1-11(14)9-12(2)16-7-5-15(6-8-16)10-13-3-4-13/h11-13H,3-10,14H2,1-2H3. The van der Waals surface area contributed by atoms with E-state index in [9.17, 15) is 0 Å². The van der Waals surface area contributed by atoms with E-state index < -0.39 is 0 Å². The quantitative estimate of drug-likeness (QED) is 0.761. The highest BCUT2D eigenvalue weighted by molar-refractivity contribution is 4.82. The molecule has 2 atom stereocenters. The summed E-state index contributed by atoms with van der Waals surface area (Å²) in [5, 5.41) is 0. The van der Waals surface area contributed by atoms with E-state index in [-0.39, 0.29) is 0 Å². The third-order valence-corrected chi connectivity index (χ3v) is 3.96. The summed E-state index contributed by atoms with van der Waals surface area (Å²) in [7, 11) is 0. The molecule has 3 heteroatoms. The zero-order valence-corrected chi connectivity index (χ0v) is 10.9. The molecule has 3 nitrogen and oxygen atoms in total. The first-order valence-electron chi connectivity index (χ1n) is 6.87. The van der Waals surface area contributed by atoms with Crippen molar-refractivity contribution >= 4 is 0 Å².